The van der Waals surface area contributed by atoms with Crippen molar-refractivity contribution in [2.24, 2.45) is 0 Å². The predicted molar refractivity (Wildman–Crippen MR) is 79.1 cm³/mol. The minimum atomic E-state index is -2.76. The fourth-order valence-electron chi connectivity index (χ4n) is 3.85. The van der Waals surface area contributed by atoms with E-state index in [1.807, 2.05) is 12.1 Å². The number of nitrogens with zero attached hydrogens (tertiary/aromatic N) is 1. The van der Waals surface area contributed by atoms with Crippen molar-refractivity contribution in [1.29, 1.82) is 0 Å². The van der Waals surface area contributed by atoms with E-state index < -0.39 is 6.61 Å². The summed E-state index contributed by atoms with van der Waals surface area (Å²) in [6.07, 6.45) is 4.78. The molecule has 0 aromatic heterocycles. The first-order chi connectivity index (χ1) is 10.2. The second-order valence-electron chi connectivity index (χ2n) is 5.89. The number of hydrogen-bond donors (Lipinski definition) is 1. The van der Waals surface area contributed by atoms with E-state index in [1.54, 1.807) is 12.1 Å². The van der Waals surface area contributed by atoms with Gasteiger partial charge >= 0.3 is 6.61 Å². The molecule has 2 saturated heterocycles. The lowest BCUT2D eigenvalue weighted by atomic mass is 9.96. The Labute approximate surface area is 124 Å². The Morgan fingerprint density at radius 3 is 2.33 bits per heavy atom. The summed E-state index contributed by atoms with van der Waals surface area (Å²) in [4.78, 5) is 2.47. The largest absolute Gasteiger partial charge is 0.435 e. The third-order valence-electron chi connectivity index (χ3n) is 4.59. The molecule has 3 rings (SSSR count). The molecule has 1 aromatic rings. The van der Waals surface area contributed by atoms with Gasteiger partial charge in [0, 0.05) is 23.8 Å². The van der Waals surface area contributed by atoms with Crippen molar-refractivity contribution in [3.8, 4) is 5.75 Å². The van der Waals surface area contributed by atoms with Crippen molar-refractivity contribution in [2.75, 3.05) is 11.4 Å². The lowest BCUT2D eigenvalue weighted by Crippen LogP contribution is -2.49. The van der Waals surface area contributed by atoms with E-state index >= 15 is 0 Å². The minimum Gasteiger partial charge on any atom is -0.435 e. The Hall–Kier alpha value is -1.36. The maximum Gasteiger partial charge on any atom is 0.387 e. The van der Waals surface area contributed by atoms with Crippen molar-refractivity contribution in [1.82, 2.24) is 5.32 Å². The molecule has 0 radical (unpaired) electrons. The van der Waals surface area contributed by atoms with Gasteiger partial charge in [-0.25, -0.2) is 0 Å². The second-order valence-corrected chi connectivity index (χ2v) is 5.89. The molecule has 0 spiro atoms. The van der Waals surface area contributed by atoms with E-state index in [0.717, 1.165) is 12.2 Å². The van der Waals surface area contributed by atoms with Crippen molar-refractivity contribution >= 4 is 5.69 Å². The molecule has 2 aliphatic heterocycles. The van der Waals surface area contributed by atoms with E-state index in [9.17, 15) is 8.78 Å². The summed E-state index contributed by atoms with van der Waals surface area (Å²) in [7, 11) is 0. The molecule has 0 amide bonds. The van der Waals surface area contributed by atoms with Crippen LogP contribution in [0.3, 0.4) is 0 Å². The fraction of sp³-hybridized carbons (Fsp3) is 0.625. The standard InChI is InChI=1S/C16H22F2N2O/c1-2-19-11-9-13-3-4-14(10-11)20(13)12-5-7-15(8-6-12)21-16(17)18/h5-8,11,13-14,16,19H,2-4,9-10H2,1H3. The summed E-state index contributed by atoms with van der Waals surface area (Å²) in [6.45, 7) is 0.405. The van der Waals surface area contributed by atoms with Gasteiger partial charge in [0.05, 0.1) is 0 Å². The number of rotatable bonds is 5. The van der Waals surface area contributed by atoms with Gasteiger partial charge in [0.1, 0.15) is 5.75 Å². The van der Waals surface area contributed by atoms with Crippen LogP contribution in [-0.4, -0.2) is 31.3 Å². The first kappa shape index (κ1) is 14.6. The Morgan fingerprint density at radius 2 is 1.81 bits per heavy atom. The van der Waals surface area contributed by atoms with Crippen LogP contribution in [0.15, 0.2) is 24.3 Å². The SMILES string of the molecule is CCNC1CC2CCC(C1)N2c1ccc(OC(F)F)cc1. The molecule has 5 heteroatoms. The molecule has 2 fully saturated rings. The van der Waals surface area contributed by atoms with Gasteiger partial charge in [-0.2, -0.15) is 8.78 Å². The summed E-state index contributed by atoms with van der Waals surface area (Å²) in [5, 5.41) is 3.56. The maximum atomic E-state index is 12.2. The summed E-state index contributed by atoms with van der Waals surface area (Å²) in [5.74, 6) is 0.226. The molecule has 21 heavy (non-hydrogen) atoms. The molecular weight excluding hydrogens is 274 g/mol. The fourth-order valence-corrected chi connectivity index (χ4v) is 3.85. The van der Waals surface area contributed by atoms with Crippen LogP contribution >= 0.6 is 0 Å². The number of nitrogens with one attached hydrogen (secondary N) is 1. The average Bonchev–Trinajstić information content (AvgIpc) is 2.71. The number of piperidine rings is 1. The highest BCUT2D eigenvalue weighted by Crippen LogP contribution is 2.39. The van der Waals surface area contributed by atoms with Gasteiger partial charge in [0.15, 0.2) is 0 Å². The average molecular weight is 296 g/mol. The molecular formula is C16H22F2N2O. The van der Waals surface area contributed by atoms with Crippen LogP contribution in [0.4, 0.5) is 14.5 Å². The lowest BCUT2D eigenvalue weighted by molar-refractivity contribution is -0.0498. The first-order valence-corrected chi connectivity index (χ1v) is 7.74. The topological polar surface area (TPSA) is 24.5 Å². The third kappa shape index (κ3) is 3.12. The van der Waals surface area contributed by atoms with Gasteiger partial charge < -0.3 is 15.0 Å². The minimum absolute atomic E-state index is 0.226. The molecule has 2 bridgehead atoms. The number of halogens is 2. The smallest absolute Gasteiger partial charge is 0.387 e. The van der Waals surface area contributed by atoms with E-state index in [-0.39, 0.29) is 5.75 Å². The van der Waals surface area contributed by atoms with Crippen LogP contribution in [0.1, 0.15) is 32.6 Å². The van der Waals surface area contributed by atoms with Gasteiger partial charge in [0.2, 0.25) is 0 Å². The van der Waals surface area contributed by atoms with Crippen LogP contribution in [0, 0.1) is 0 Å². The second kappa shape index (κ2) is 6.18. The molecule has 1 aromatic carbocycles. The molecule has 0 saturated carbocycles. The maximum absolute atomic E-state index is 12.2. The van der Waals surface area contributed by atoms with Gasteiger partial charge in [-0.05, 0) is 56.5 Å². The summed E-state index contributed by atoms with van der Waals surface area (Å²) >= 11 is 0. The summed E-state index contributed by atoms with van der Waals surface area (Å²) in [5.41, 5.74) is 1.12. The van der Waals surface area contributed by atoms with Crippen LogP contribution in [0.2, 0.25) is 0 Å². The van der Waals surface area contributed by atoms with Gasteiger partial charge in [-0.1, -0.05) is 6.92 Å². The van der Waals surface area contributed by atoms with Crippen molar-refractivity contribution in [3.63, 3.8) is 0 Å². The number of benzene rings is 1. The quantitative estimate of drug-likeness (QED) is 0.901. The number of hydrogen-bond acceptors (Lipinski definition) is 3. The predicted octanol–water partition coefficient (Wildman–Crippen LogP) is 3.40. The lowest BCUT2D eigenvalue weighted by Gasteiger charge is -2.41. The van der Waals surface area contributed by atoms with E-state index in [2.05, 4.69) is 21.9 Å². The first-order valence-electron chi connectivity index (χ1n) is 7.74. The Morgan fingerprint density at radius 1 is 1.19 bits per heavy atom. The van der Waals surface area contributed by atoms with Crippen LogP contribution < -0.4 is 15.0 Å². The van der Waals surface area contributed by atoms with Crippen molar-refractivity contribution in [2.45, 2.75) is 57.3 Å². The van der Waals surface area contributed by atoms with Crippen LogP contribution in [0.5, 0.6) is 5.75 Å². The van der Waals surface area contributed by atoms with Gasteiger partial charge in [-0.15, -0.1) is 0 Å². The highest BCUT2D eigenvalue weighted by molar-refractivity contribution is 5.52. The van der Waals surface area contributed by atoms with E-state index in [1.165, 1.54) is 25.7 Å². The van der Waals surface area contributed by atoms with Crippen molar-refractivity contribution < 1.29 is 13.5 Å². The molecule has 2 atom stereocenters. The van der Waals surface area contributed by atoms with Crippen LogP contribution in [-0.2, 0) is 0 Å². The summed E-state index contributed by atoms with van der Waals surface area (Å²) in [6, 6.07) is 8.82. The molecule has 2 heterocycles. The Kier molecular flexibility index (Phi) is 4.29. The Balaban J connectivity index is 1.70. The highest BCUT2D eigenvalue weighted by Gasteiger charge is 2.40. The molecule has 116 valence electrons. The number of ether oxygens (including phenoxy) is 1. The van der Waals surface area contributed by atoms with Gasteiger partial charge in [0.25, 0.3) is 0 Å². The molecule has 2 unspecified atom stereocenters. The van der Waals surface area contributed by atoms with Crippen molar-refractivity contribution in [3.05, 3.63) is 24.3 Å². The zero-order valence-electron chi connectivity index (χ0n) is 12.3. The van der Waals surface area contributed by atoms with E-state index in [0.29, 0.717) is 18.1 Å². The highest BCUT2D eigenvalue weighted by atomic mass is 19.3. The molecule has 3 nitrogen and oxygen atoms in total. The van der Waals surface area contributed by atoms with Gasteiger partial charge in [-0.3, -0.25) is 0 Å². The molecule has 2 aliphatic rings. The third-order valence-corrected chi connectivity index (χ3v) is 4.59. The normalized spacial score (nSPS) is 28.2. The molecule has 1 N–H and O–H groups in total. The zero-order valence-corrected chi connectivity index (χ0v) is 12.3. The molecule has 0 aliphatic carbocycles. The monoisotopic (exact) mass is 296 g/mol. The summed E-state index contributed by atoms with van der Waals surface area (Å²) < 4.78 is 28.8. The van der Waals surface area contributed by atoms with Crippen LogP contribution in [0.25, 0.3) is 0 Å². The zero-order chi connectivity index (χ0) is 14.8. The number of anilines is 1. The number of fused-ring (bicyclic) bond motifs is 2. The number of alkyl halides is 2. The Bertz CT molecular complexity index is 452. The van der Waals surface area contributed by atoms with E-state index in [4.69, 9.17) is 0 Å².